The molecule has 0 spiro atoms. The van der Waals surface area contributed by atoms with Crippen LogP contribution in [0.15, 0.2) is 58.2 Å². The van der Waals surface area contributed by atoms with Crippen LogP contribution in [0.3, 0.4) is 0 Å². The molecular weight excluding hydrogens is 414 g/mol. The Morgan fingerprint density at radius 1 is 1.17 bits per heavy atom. The number of anilines is 1. The molecule has 0 aliphatic rings. The number of halogens is 2. The fourth-order valence-corrected chi connectivity index (χ4v) is 2.95. The molecule has 0 saturated heterocycles. The highest BCUT2D eigenvalue weighted by molar-refractivity contribution is 9.10. The molecule has 6 nitrogen and oxygen atoms in total. The third-order valence-electron chi connectivity index (χ3n) is 2.97. The molecule has 0 bridgehead atoms. The number of rotatable bonds is 5. The molecule has 122 valence electrons. The second-order valence-electron chi connectivity index (χ2n) is 4.69. The Morgan fingerprint density at radius 3 is 2.58 bits per heavy atom. The lowest BCUT2D eigenvalue weighted by molar-refractivity contribution is -0.113. The monoisotopic (exact) mass is 423 g/mol. The number of hydrogen-bond donors (Lipinski definition) is 1. The quantitative estimate of drug-likeness (QED) is 0.631. The number of carbonyl (C=O) groups is 1. The van der Waals surface area contributed by atoms with Gasteiger partial charge in [0.2, 0.25) is 11.1 Å². The van der Waals surface area contributed by atoms with Gasteiger partial charge in [0.05, 0.1) is 11.4 Å². The van der Waals surface area contributed by atoms with Crippen LogP contribution in [-0.4, -0.2) is 31.9 Å². The molecule has 0 aliphatic carbocycles. The summed E-state index contributed by atoms with van der Waals surface area (Å²) >= 11 is 10.5. The number of amides is 1. The molecule has 0 fully saturated rings. The van der Waals surface area contributed by atoms with Crippen LogP contribution in [0.5, 0.6) is 0 Å². The van der Waals surface area contributed by atoms with E-state index in [1.54, 1.807) is 16.8 Å². The predicted molar refractivity (Wildman–Crippen MR) is 97.7 cm³/mol. The first kappa shape index (κ1) is 16.9. The molecule has 24 heavy (non-hydrogen) atoms. The van der Waals surface area contributed by atoms with Gasteiger partial charge in [-0.05, 0) is 59.0 Å². The van der Waals surface area contributed by atoms with Gasteiger partial charge in [-0.3, -0.25) is 4.79 Å². The van der Waals surface area contributed by atoms with Gasteiger partial charge in [-0.1, -0.05) is 39.3 Å². The van der Waals surface area contributed by atoms with E-state index in [9.17, 15) is 4.79 Å². The van der Waals surface area contributed by atoms with Gasteiger partial charge in [0.25, 0.3) is 0 Å². The van der Waals surface area contributed by atoms with Crippen molar-refractivity contribution in [2.45, 2.75) is 5.16 Å². The smallest absolute Gasteiger partial charge is 0.234 e. The maximum absolute atomic E-state index is 12.0. The van der Waals surface area contributed by atoms with E-state index in [1.807, 2.05) is 36.4 Å². The van der Waals surface area contributed by atoms with Gasteiger partial charge in [0, 0.05) is 15.2 Å². The topological polar surface area (TPSA) is 72.7 Å². The van der Waals surface area contributed by atoms with Crippen LogP contribution < -0.4 is 5.32 Å². The fraction of sp³-hybridized carbons (Fsp3) is 0.0667. The van der Waals surface area contributed by atoms with Gasteiger partial charge < -0.3 is 5.32 Å². The van der Waals surface area contributed by atoms with E-state index in [0.717, 1.165) is 15.8 Å². The van der Waals surface area contributed by atoms with E-state index in [4.69, 9.17) is 11.6 Å². The minimum atomic E-state index is -0.132. The van der Waals surface area contributed by atoms with E-state index in [-0.39, 0.29) is 11.7 Å². The van der Waals surface area contributed by atoms with Crippen molar-refractivity contribution in [3.63, 3.8) is 0 Å². The highest BCUT2D eigenvalue weighted by Gasteiger charge is 2.11. The van der Waals surface area contributed by atoms with E-state index in [1.165, 1.54) is 11.8 Å². The summed E-state index contributed by atoms with van der Waals surface area (Å²) in [6, 6.07) is 14.5. The molecule has 1 amide bonds. The molecule has 0 saturated carbocycles. The van der Waals surface area contributed by atoms with Crippen LogP contribution in [0.4, 0.5) is 5.69 Å². The van der Waals surface area contributed by atoms with Crippen molar-refractivity contribution in [1.29, 1.82) is 0 Å². The van der Waals surface area contributed by atoms with E-state index >= 15 is 0 Å². The molecule has 0 aliphatic heterocycles. The molecule has 0 radical (unpaired) electrons. The average Bonchev–Trinajstić information content (AvgIpc) is 3.04. The number of carbonyl (C=O) groups excluding carboxylic acids is 1. The molecule has 3 rings (SSSR count). The Bertz CT molecular complexity index is 838. The number of nitrogens with one attached hydrogen (secondary N) is 1. The van der Waals surface area contributed by atoms with Crippen molar-refractivity contribution in [2.24, 2.45) is 0 Å². The Hall–Kier alpha value is -1.90. The Morgan fingerprint density at radius 2 is 1.88 bits per heavy atom. The van der Waals surface area contributed by atoms with Crippen LogP contribution in [0.25, 0.3) is 5.69 Å². The second-order valence-corrected chi connectivity index (χ2v) is 6.99. The van der Waals surface area contributed by atoms with Gasteiger partial charge in [-0.25, -0.2) is 0 Å². The molecular formula is C15H11BrClN5OS. The lowest BCUT2D eigenvalue weighted by Crippen LogP contribution is -2.14. The van der Waals surface area contributed by atoms with E-state index in [2.05, 4.69) is 36.8 Å². The summed E-state index contributed by atoms with van der Waals surface area (Å²) in [6.45, 7) is 0. The second kappa shape index (κ2) is 7.78. The molecule has 2 aromatic carbocycles. The number of thioether (sulfide) groups is 1. The van der Waals surface area contributed by atoms with Gasteiger partial charge in [-0.15, -0.1) is 5.10 Å². The standard InChI is InChI=1S/C15H11BrClN5OS/c16-10-1-5-12(6-2-10)18-14(23)9-24-15-19-20-21-22(15)13-7-3-11(17)4-8-13/h1-8H,9H2,(H,18,23). The third kappa shape index (κ3) is 4.34. The highest BCUT2D eigenvalue weighted by Crippen LogP contribution is 2.20. The molecule has 1 heterocycles. The fourth-order valence-electron chi connectivity index (χ4n) is 1.87. The minimum absolute atomic E-state index is 0.132. The van der Waals surface area contributed by atoms with Crippen molar-refractivity contribution < 1.29 is 4.79 Å². The maximum Gasteiger partial charge on any atom is 0.234 e. The molecule has 0 unspecified atom stereocenters. The average molecular weight is 425 g/mol. The summed E-state index contributed by atoms with van der Waals surface area (Å²) in [6.07, 6.45) is 0. The van der Waals surface area contributed by atoms with Crippen LogP contribution in [0.1, 0.15) is 0 Å². The van der Waals surface area contributed by atoms with Crippen LogP contribution in [-0.2, 0) is 4.79 Å². The molecule has 1 aromatic heterocycles. The number of benzene rings is 2. The summed E-state index contributed by atoms with van der Waals surface area (Å²) < 4.78 is 2.52. The Kier molecular flexibility index (Phi) is 5.49. The SMILES string of the molecule is O=C(CSc1nnnn1-c1ccc(Cl)cc1)Nc1ccc(Br)cc1. The molecule has 9 heteroatoms. The predicted octanol–water partition coefficient (Wildman–Crippen LogP) is 3.81. The summed E-state index contributed by atoms with van der Waals surface area (Å²) in [5.74, 6) is 0.0669. The highest BCUT2D eigenvalue weighted by atomic mass is 79.9. The zero-order chi connectivity index (χ0) is 16.9. The summed E-state index contributed by atoms with van der Waals surface area (Å²) in [5, 5.41) is 15.5. The lowest BCUT2D eigenvalue weighted by Gasteiger charge is -2.06. The van der Waals surface area contributed by atoms with Crippen molar-refractivity contribution in [1.82, 2.24) is 20.2 Å². The zero-order valence-corrected chi connectivity index (χ0v) is 15.3. The normalized spacial score (nSPS) is 10.6. The van der Waals surface area contributed by atoms with E-state index in [0.29, 0.717) is 10.2 Å². The lowest BCUT2D eigenvalue weighted by atomic mass is 10.3. The summed E-state index contributed by atoms with van der Waals surface area (Å²) in [4.78, 5) is 12.0. The van der Waals surface area contributed by atoms with Crippen molar-refractivity contribution in [3.8, 4) is 5.69 Å². The van der Waals surface area contributed by atoms with Crippen LogP contribution in [0.2, 0.25) is 5.02 Å². The molecule has 3 aromatic rings. The summed E-state index contributed by atoms with van der Waals surface area (Å²) in [7, 11) is 0. The van der Waals surface area contributed by atoms with Crippen molar-refractivity contribution in [2.75, 3.05) is 11.1 Å². The summed E-state index contributed by atoms with van der Waals surface area (Å²) in [5.41, 5.74) is 1.52. The number of nitrogens with zero attached hydrogens (tertiary/aromatic N) is 4. The van der Waals surface area contributed by atoms with Gasteiger partial charge in [-0.2, -0.15) is 4.68 Å². The van der Waals surface area contributed by atoms with Crippen LogP contribution >= 0.6 is 39.3 Å². The Labute approximate surface area is 155 Å². The van der Waals surface area contributed by atoms with Crippen molar-refractivity contribution in [3.05, 3.63) is 58.0 Å². The number of tetrazole rings is 1. The maximum atomic E-state index is 12.0. The minimum Gasteiger partial charge on any atom is -0.325 e. The van der Waals surface area contributed by atoms with Crippen molar-refractivity contribution >= 4 is 50.9 Å². The van der Waals surface area contributed by atoms with Gasteiger partial charge in [0.15, 0.2) is 0 Å². The first-order chi connectivity index (χ1) is 11.6. The third-order valence-corrected chi connectivity index (χ3v) is 4.67. The van der Waals surface area contributed by atoms with E-state index < -0.39 is 0 Å². The number of hydrogen-bond acceptors (Lipinski definition) is 5. The molecule has 0 atom stereocenters. The number of aromatic nitrogens is 4. The first-order valence-electron chi connectivity index (χ1n) is 6.84. The largest absolute Gasteiger partial charge is 0.325 e. The van der Waals surface area contributed by atoms with Gasteiger partial charge >= 0.3 is 0 Å². The van der Waals surface area contributed by atoms with Crippen LogP contribution in [0, 0.1) is 0 Å². The first-order valence-corrected chi connectivity index (χ1v) is 9.00. The Balaban J connectivity index is 1.63. The van der Waals surface area contributed by atoms with Gasteiger partial charge in [0.1, 0.15) is 0 Å². The zero-order valence-electron chi connectivity index (χ0n) is 12.2. The molecule has 1 N–H and O–H groups in total.